The number of carbonyl (C=O) groups is 2. The van der Waals surface area contributed by atoms with Gasteiger partial charge >= 0.3 is 0 Å². The highest BCUT2D eigenvalue weighted by atomic mass is 16.2. The van der Waals surface area contributed by atoms with Crippen molar-refractivity contribution in [2.75, 3.05) is 64.3 Å². The summed E-state index contributed by atoms with van der Waals surface area (Å²) in [6, 6.07) is 7.93. The number of anilines is 1. The van der Waals surface area contributed by atoms with Crippen LogP contribution in [0.1, 0.15) is 31.1 Å². The zero-order chi connectivity index (χ0) is 19.6. The molecule has 0 spiro atoms. The fraction of sp³-hybridized carbons (Fsp3) is 0.619. The number of hydrogen-bond donors (Lipinski definition) is 0. The third-order valence-corrected chi connectivity index (χ3v) is 5.48. The van der Waals surface area contributed by atoms with E-state index in [0.29, 0.717) is 0 Å². The molecule has 2 amide bonds. The van der Waals surface area contributed by atoms with Crippen LogP contribution in [0.5, 0.6) is 0 Å². The monoisotopic (exact) mass is 372 g/mol. The highest BCUT2D eigenvalue weighted by Gasteiger charge is 2.29. The molecule has 2 aliphatic heterocycles. The van der Waals surface area contributed by atoms with Crippen molar-refractivity contribution in [3.05, 3.63) is 29.8 Å². The molecule has 3 rings (SSSR count). The molecule has 0 radical (unpaired) electrons. The van der Waals surface area contributed by atoms with Crippen molar-refractivity contribution in [1.29, 1.82) is 0 Å². The molecule has 0 atom stereocenters. The van der Waals surface area contributed by atoms with Gasteiger partial charge in [-0.2, -0.15) is 0 Å². The average Bonchev–Trinajstić information content (AvgIpc) is 2.67. The molecule has 1 aromatic rings. The molecule has 0 aromatic heterocycles. The molecule has 2 fully saturated rings. The molecule has 0 saturated carbocycles. The Labute approximate surface area is 162 Å². The first-order chi connectivity index (χ1) is 12.8. The number of piperazine rings is 2. The summed E-state index contributed by atoms with van der Waals surface area (Å²) in [5, 5.41) is 0. The van der Waals surface area contributed by atoms with Gasteiger partial charge in [-0.3, -0.25) is 9.59 Å². The summed E-state index contributed by atoms with van der Waals surface area (Å²) in [5.74, 6) is 0.338. The molecule has 0 bridgehead atoms. The smallest absolute Gasteiger partial charge is 0.253 e. The second-order valence-electron chi connectivity index (χ2n) is 8.67. The van der Waals surface area contributed by atoms with Gasteiger partial charge in [0.25, 0.3) is 5.91 Å². The molecule has 0 N–H and O–H groups in total. The van der Waals surface area contributed by atoms with Crippen LogP contribution < -0.4 is 4.90 Å². The average molecular weight is 373 g/mol. The van der Waals surface area contributed by atoms with Crippen molar-refractivity contribution in [3.8, 4) is 0 Å². The van der Waals surface area contributed by atoms with Crippen LogP contribution in [-0.4, -0.2) is 85.9 Å². The Balaban J connectivity index is 1.57. The minimum absolute atomic E-state index is 0.121. The van der Waals surface area contributed by atoms with E-state index in [0.717, 1.165) is 63.6 Å². The minimum Gasteiger partial charge on any atom is -0.368 e. The first-order valence-electron chi connectivity index (χ1n) is 9.88. The molecule has 2 heterocycles. The van der Waals surface area contributed by atoms with E-state index in [9.17, 15) is 9.59 Å². The predicted molar refractivity (Wildman–Crippen MR) is 108 cm³/mol. The maximum absolute atomic E-state index is 12.7. The van der Waals surface area contributed by atoms with E-state index in [4.69, 9.17) is 0 Å². The fourth-order valence-corrected chi connectivity index (χ4v) is 3.65. The molecule has 1 aromatic carbocycles. The van der Waals surface area contributed by atoms with Crippen LogP contribution in [0.2, 0.25) is 0 Å². The van der Waals surface area contributed by atoms with E-state index in [1.165, 1.54) is 0 Å². The number of hydrogen-bond acceptors (Lipinski definition) is 4. The Bertz CT molecular complexity index is 664. The lowest BCUT2D eigenvalue weighted by molar-refractivity contribution is -0.139. The van der Waals surface area contributed by atoms with Crippen LogP contribution in [0.3, 0.4) is 0 Å². The van der Waals surface area contributed by atoms with E-state index in [1.807, 2.05) is 54.8 Å². The second kappa shape index (κ2) is 7.89. The molecule has 6 heteroatoms. The molecule has 27 heavy (non-hydrogen) atoms. The van der Waals surface area contributed by atoms with E-state index in [-0.39, 0.29) is 17.2 Å². The Morgan fingerprint density at radius 1 is 0.778 bits per heavy atom. The standard InChI is InChI=1S/C21H32N4O2/c1-21(2,3)20(27)25-15-13-23(14-16-25)18-7-5-17(6-8-18)19(26)24-11-9-22(4)10-12-24/h5-8H,9-16H2,1-4H3. The lowest BCUT2D eigenvalue weighted by atomic mass is 9.94. The van der Waals surface area contributed by atoms with Crippen LogP contribution in [0.15, 0.2) is 24.3 Å². The van der Waals surface area contributed by atoms with E-state index >= 15 is 0 Å². The van der Waals surface area contributed by atoms with Gasteiger partial charge < -0.3 is 19.6 Å². The molecule has 2 saturated heterocycles. The van der Waals surface area contributed by atoms with E-state index in [2.05, 4.69) is 16.8 Å². The van der Waals surface area contributed by atoms with Crippen molar-refractivity contribution in [2.24, 2.45) is 5.41 Å². The van der Waals surface area contributed by atoms with Crippen molar-refractivity contribution in [3.63, 3.8) is 0 Å². The SMILES string of the molecule is CN1CCN(C(=O)c2ccc(N3CCN(C(=O)C(C)(C)C)CC3)cc2)CC1. The molecule has 2 aliphatic rings. The summed E-state index contributed by atoms with van der Waals surface area (Å²) >= 11 is 0. The van der Waals surface area contributed by atoms with Gasteiger partial charge in [-0.15, -0.1) is 0 Å². The van der Waals surface area contributed by atoms with Gasteiger partial charge in [-0.1, -0.05) is 20.8 Å². The number of benzene rings is 1. The van der Waals surface area contributed by atoms with Crippen LogP contribution in [0.4, 0.5) is 5.69 Å². The zero-order valence-electron chi connectivity index (χ0n) is 17.1. The van der Waals surface area contributed by atoms with E-state index in [1.54, 1.807) is 0 Å². The van der Waals surface area contributed by atoms with Gasteiger partial charge in [-0.25, -0.2) is 0 Å². The zero-order valence-corrected chi connectivity index (χ0v) is 17.1. The summed E-state index contributed by atoms with van der Waals surface area (Å²) in [5.41, 5.74) is 1.55. The third-order valence-electron chi connectivity index (χ3n) is 5.48. The lowest BCUT2D eigenvalue weighted by Gasteiger charge is -2.38. The van der Waals surface area contributed by atoms with Crippen molar-refractivity contribution < 1.29 is 9.59 Å². The molecular formula is C21H32N4O2. The summed E-state index contributed by atoms with van der Waals surface area (Å²) in [7, 11) is 2.09. The van der Waals surface area contributed by atoms with Gasteiger partial charge in [0.2, 0.25) is 5.91 Å². The van der Waals surface area contributed by atoms with Crippen molar-refractivity contribution in [1.82, 2.24) is 14.7 Å². The van der Waals surface area contributed by atoms with Crippen molar-refractivity contribution in [2.45, 2.75) is 20.8 Å². The highest BCUT2D eigenvalue weighted by molar-refractivity contribution is 5.94. The lowest BCUT2D eigenvalue weighted by Crippen LogP contribution is -2.51. The molecule has 6 nitrogen and oxygen atoms in total. The molecule has 0 aliphatic carbocycles. The third kappa shape index (κ3) is 4.61. The van der Waals surface area contributed by atoms with Crippen LogP contribution in [0.25, 0.3) is 0 Å². The highest BCUT2D eigenvalue weighted by Crippen LogP contribution is 2.22. The minimum atomic E-state index is -0.326. The number of rotatable bonds is 2. The normalized spacial score (nSPS) is 19.3. The Morgan fingerprint density at radius 2 is 1.30 bits per heavy atom. The number of amides is 2. The molecular weight excluding hydrogens is 340 g/mol. The van der Waals surface area contributed by atoms with Gasteiger partial charge in [-0.05, 0) is 31.3 Å². The maximum Gasteiger partial charge on any atom is 0.253 e. The Morgan fingerprint density at radius 3 is 1.81 bits per heavy atom. The summed E-state index contributed by atoms with van der Waals surface area (Å²) in [6.45, 7) is 12.5. The molecule has 0 unspecified atom stereocenters. The summed E-state index contributed by atoms with van der Waals surface area (Å²) in [4.78, 5) is 33.5. The number of likely N-dealkylation sites (N-methyl/N-ethyl adjacent to an activating group) is 1. The summed E-state index contributed by atoms with van der Waals surface area (Å²) < 4.78 is 0. The van der Waals surface area contributed by atoms with Gasteiger partial charge in [0.15, 0.2) is 0 Å². The summed E-state index contributed by atoms with van der Waals surface area (Å²) in [6.07, 6.45) is 0. The predicted octanol–water partition coefficient (Wildman–Crippen LogP) is 1.77. The first-order valence-corrected chi connectivity index (χ1v) is 9.88. The topological polar surface area (TPSA) is 47.1 Å². The maximum atomic E-state index is 12.7. The first kappa shape index (κ1) is 19.7. The number of carbonyl (C=O) groups excluding carboxylic acids is 2. The quantitative estimate of drug-likeness (QED) is 0.794. The molecule has 148 valence electrons. The van der Waals surface area contributed by atoms with Crippen molar-refractivity contribution >= 4 is 17.5 Å². The van der Waals surface area contributed by atoms with E-state index < -0.39 is 0 Å². The van der Waals surface area contributed by atoms with Crippen LogP contribution >= 0.6 is 0 Å². The van der Waals surface area contributed by atoms with Gasteiger partial charge in [0.05, 0.1) is 0 Å². The van der Waals surface area contributed by atoms with Gasteiger partial charge in [0.1, 0.15) is 0 Å². The number of nitrogens with zero attached hydrogens (tertiary/aromatic N) is 4. The van der Waals surface area contributed by atoms with Gasteiger partial charge in [0, 0.05) is 69.0 Å². The van der Waals surface area contributed by atoms with Crippen LogP contribution in [0, 0.1) is 5.41 Å². The largest absolute Gasteiger partial charge is 0.368 e. The Kier molecular flexibility index (Phi) is 5.75. The fourth-order valence-electron chi connectivity index (χ4n) is 3.65. The second-order valence-corrected chi connectivity index (χ2v) is 8.67. The van der Waals surface area contributed by atoms with Crippen LogP contribution in [-0.2, 0) is 4.79 Å². The Hall–Kier alpha value is -2.08.